The van der Waals surface area contributed by atoms with E-state index >= 15 is 0 Å². The molecule has 0 aliphatic rings. The van der Waals surface area contributed by atoms with Gasteiger partial charge in [-0.05, 0) is 36.4 Å². The number of benzene rings is 2. The van der Waals surface area contributed by atoms with E-state index in [0.29, 0.717) is 5.75 Å². The van der Waals surface area contributed by atoms with Gasteiger partial charge in [-0.25, -0.2) is 0 Å². The van der Waals surface area contributed by atoms with Crippen molar-refractivity contribution in [1.29, 1.82) is 0 Å². The summed E-state index contributed by atoms with van der Waals surface area (Å²) < 4.78 is 43.6. The van der Waals surface area contributed by atoms with Crippen LogP contribution in [0.25, 0.3) is 0 Å². The summed E-state index contributed by atoms with van der Waals surface area (Å²) in [5.41, 5.74) is -1.09. The molecule has 7 heteroatoms. The maximum atomic E-state index is 12.9. The number of thioether (sulfide) groups is 1. The molecule has 2 aromatic carbocycles. The molecule has 0 radical (unpaired) electrons. The normalized spacial score (nSPS) is 11.1. The Morgan fingerprint density at radius 3 is 2.39 bits per heavy atom. The topological polar surface area (TPSA) is 38.3 Å². The van der Waals surface area contributed by atoms with Crippen LogP contribution in [0, 0.1) is 0 Å². The molecule has 122 valence electrons. The van der Waals surface area contributed by atoms with Crippen molar-refractivity contribution in [3.8, 4) is 5.75 Å². The van der Waals surface area contributed by atoms with Gasteiger partial charge in [0.15, 0.2) is 0 Å². The van der Waals surface area contributed by atoms with Crippen LogP contribution < -0.4 is 10.1 Å². The Balaban J connectivity index is 1.97. The van der Waals surface area contributed by atoms with E-state index < -0.39 is 17.6 Å². The molecule has 0 unspecified atom stereocenters. The van der Waals surface area contributed by atoms with E-state index in [1.807, 2.05) is 0 Å². The number of alkyl halides is 3. The predicted molar refractivity (Wildman–Crippen MR) is 83.8 cm³/mol. The Hall–Kier alpha value is -2.15. The van der Waals surface area contributed by atoms with Crippen molar-refractivity contribution in [3.63, 3.8) is 0 Å². The van der Waals surface area contributed by atoms with Gasteiger partial charge in [-0.3, -0.25) is 4.79 Å². The zero-order valence-corrected chi connectivity index (χ0v) is 13.0. The van der Waals surface area contributed by atoms with Gasteiger partial charge >= 0.3 is 6.18 Å². The van der Waals surface area contributed by atoms with Gasteiger partial charge in [0.1, 0.15) is 5.75 Å². The molecule has 0 bridgehead atoms. The summed E-state index contributed by atoms with van der Waals surface area (Å²) in [5, 5.41) is 2.31. The summed E-state index contributed by atoms with van der Waals surface area (Å²) in [6, 6.07) is 12.0. The van der Waals surface area contributed by atoms with E-state index in [1.165, 1.54) is 30.0 Å². The second kappa shape index (κ2) is 7.41. The monoisotopic (exact) mass is 341 g/mol. The molecule has 0 aromatic heterocycles. The first kappa shape index (κ1) is 17.2. The first-order valence-corrected chi connectivity index (χ1v) is 7.61. The second-order valence-corrected chi connectivity index (χ2v) is 5.60. The number of carbonyl (C=O) groups is 1. The summed E-state index contributed by atoms with van der Waals surface area (Å²) >= 11 is 1.23. The first-order chi connectivity index (χ1) is 10.9. The van der Waals surface area contributed by atoms with Crippen LogP contribution in [-0.4, -0.2) is 18.8 Å². The van der Waals surface area contributed by atoms with Gasteiger partial charge in [0.05, 0.1) is 24.1 Å². The largest absolute Gasteiger partial charge is 0.497 e. The number of hydrogen-bond acceptors (Lipinski definition) is 3. The maximum Gasteiger partial charge on any atom is 0.418 e. The van der Waals surface area contributed by atoms with E-state index in [1.54, 1.807) is 31.4 Å². The lowest BCUT2D eigenvalue weighted by Crippen LogP contribution is -2.18. The summed E-state index contributed by atoms with van der Waals surface area (Å²) in [6.45, 7) is 0. The van der Waals surface area contributed by atoms with Gasteiger partial charge in [0.2, 0.25) is 5.91 Å². The zero-order chi connectivity index (χ0) is 16.9. The smallest absolute Gasteiger partial charge is 0.418 e. The summed E-state index contributed by atoms with van der Waals surface area (Å²) in [5.74, 6) is 0.207. The van der Waals surface area contributed by atoms with Crippen molar-refractivity contribution >= 4 is 23.4 Å². The van der Waals surface area contributed by atoms with Crippen LogP contribution in [-0.2, 0) is 11.0 Å². The zero-order valence-electron chi connectivity index (χ0n) is 12.2. The Morgan fingerprint density at radius 2 is 1.78 bits per heavy atom. The highest BCUT2D eigenvalue weighted by molar-refractivity contribution is 8.00. The van der Waals surface area contributed by atoms with Crippen LogP contribution in [0.5, 0.6) is 5.75 Å². The summed E-state index contributed by atoms with van der Waals surface area (Å²) in [4.78, 5) is 12.7. The van der Waals surface area contributed by atoms with E-state index in [9.17, 15) is 18.0 Å². The number of ether oxygens (including phenoxy) is 1. The van der Waals surface area contributed by atoms with Gasteiger partial charge in [0.25, 0.3) is 0 Å². The van der Waals surface area contributed by atoms with E-state index in [2.05, 4.69) is 5.32 Å². The van der Waals surface area contributed by atoms with Crippen LogP contribution >= 0.6 is 11.8 Å². The molecule has 0 heterocycles. The number of hydrogen-bond donors (Lipinski definition) is 1. The highest BCUT2D eigenvalue weighted by Crippen LogP contribution is 2.34. The van der Waals surface area contributed by atoms with Crippen LogP contribution in [0.1, 0.15) is 5.56 Å². The Bertz CT molecular complexity index is 672. The molecule has 0 aliphatic carbocycles. The number of amides is 1. The second-order valence-electron chi connectivity index (χ2n) is 4.56. The van der Waals surface area contributed by atoms with Gasteiger partial charge in [-0.1, -0.05) is 12.1 Å². The third-order valence-corrected chi connectivity index (χ3v) is 3.95. The number of anilines is 1. The molecule has 2 rings (SSSR count). The van der Waals surface area contributed by atoms with E-state index in [-0.39, 0.29) is 11.4 Å². The number of rotatable bonds is 5. The standard InChI is InChI=1S/C16H14F3NO2S/c1-22-11-6-8-12(9-7-11)23-10-15(21)20-14-5-3-2-4-13(14)16(17,18)19/h2-9H,10H2,1H3,(H,20,21). The molecule has 0 saturated heterocycles. The molecule has 0 atom stereocenters. The van der Waals surface area contributed by atoms with Crippen molar-refractivity contribution in [2.45, 2.75) is 11.1 Å². The fourth-order valence-electron chi connectivity index (χ4n) is 1.85. The van der Waals surface area contributed by atoms with Crippen LogP contribution in [0.3, 0.4) is 0 Å². The molecule has 1 amide bonds. The molecule has 0 fully saturated rings. The Kier molecular flexibility index (Phi) is 5.54. The summed E-state index contributed by atoms with van der Waals surface area (Å²) in [6.07, 6.45) is -4.51. The predicted octanol–water partition coefficient (Wildman–Crippen LogP) is 4.44. The van der Waals surface area contributed by atoms with E-state index in [0.717, 1.165) is 11.0 Å². The lowest BCUT2D eigenvalue weighted by molar-refractivity contribution is -0.137. The van der Waals surface area contributed by atoms with Crippen molar-refractivity contribution < 1.29 is 22.7 Å². The molecule has 1 N–H and O–H groups in total. The third-order valence-electron chi connectivity index (χ3n) is 2.94. The number of carbonyl (C=O) groups excluding carboxylic acids is 1. The third kappa shape index (κ3) is 4.92. The highest BCUT2D eigenvalue weighted by Gasteiger charge is 2.33. The van der Waals surface area contributed by atoms with Gasteiger partial charge in [-0.15, -0.1) is 11.8 Å². The number of halogens is 3. The van der Waals surface area contributed by atoms with Crippen LogP contribution in [0.15, 0.2) is 53.4 Å². The minimum atomic E-state index is -4.51. The summed E-state index contributed by atoms with van der Waals surface area (Å²) in [7, 11) is 1.55. The average Bonchev–Trinajstić information content (AvgIpc) is 2.53. The average molecular weight is 341 g/mol. The minimum absolute atomic E-state index is 0.0124. The molecular formula is C16H14F3NO2S. The van der Waals surface area contributed by atoms with E-state index in [4.69, 9.17) is 4.74 Å². The van der Waals surface area contributed by atoms with Gasteiger partial charge < -0.3 is 10.1 Å². The maximum absolute atomic E-state index is 12.9. The molecular weight excluding hydrogens is 327 g/mol. The van der Waals surface area contributed by atoms with Gasteiger partial charge in [0, 0.05) is 4.90 Å². The Morgan fingerprint density at radius 1 is 1.13 bits per heavy atom. The fraction of sp³-hybridized carbons (Fsp3) is 0.188. The number of nitrogens with one attached hydrogen (secondary N) is 1. The number of methoxy groups -OCH3 is 1. The van der Waals surface area contributed by atoms with Crippen LogP contribution in [0.2, 0.25) is 0 Å². The lowest BCUT2D eigenvalue weighted by atomic mass is 10.1. The van der Waals surface area contributed by atoms with Crippen molar-refractivity contribution in [3.05, 3.63) is 54.1 Å². The molecule has 23 heavy (non-hydrogen) atoms. The SMILES string of the molecule is COc1ccc(SCC(=O)Nc2ccccc2C(F)(F)F)cc1. The quantitative estimate of drug-likeness (QED) is 0.817. The molecule has 0 spiro atoms. The van der Waals surface area contributed by atoms with Crippen LogP contribution in [0.4, 0.5) is 18.9 Å². The van der Waals surface area contributed by atoms with Crippen molar-refractivity contribution in [1.82, 2.24) is 0 Å². The lowest BCUT2D eigenvalue weighted by Gasteiger charge is -2.13. The molecule has 2 aromatic rings. The Labute approximate surface area is 135 Å². The number of para-hydroxylation sites is 1. The minimum Gasteiger partial charge on any atom is -0.497 e. The molecule has 0 saturated carbocycles. The molecule has 0 aliphatic heterocycles. The van der Waals surface area contributed by atoms with Crippen molar-refractivity contribution in [2.24, 2.45) is 0 Å². The fourth-order valence-corrected chi connectivity index (χ4v) is 2.54. The molecule has 3 nitrogen and oxygen atoms in total. The van der Waals surface area contributed by atoms with Crippen molar-refractivity contribution in [2.75, 3.05) is 18.2 Å². The highest BCUT2D eigenvalue weighted by atomic mass is 32.2. The van der Waals surface area contributed by atoms with Gasteiger partial charge in [-0.2, -0.15) is 13.2 Å². The first-order valence-electron chi connectivity index (χ1n) is 6.63.